The van der Waals surface area contributed by atoms with Gasteiger partial charge < -0.3 is 19.7 Å². The number of carbonyl (C=O) groups excluding carboxylic acids is 1. The van der Waals surface area contributed by atoms with Gasteiger partial charge in [-0.2, -0.15) is 0 Å². The van der Waals surface area contributed by atoms with Gasteiger partial charge in [-0.25, -0.2) is 0 Å². The van der Waals surface area contributed by atoms with Gasteiger partial charge in [-0.05, 0) is 56.8 Å². The third-order valence-electron chi connectivity index (χ3n) is 7.54. The second-order valence-corrected chi connectivity index (χ2v) is 8.83. The first-order valence-electron chi connectivity index (χ1n) is 10.3. The van der Waals surface area contributed by atoms with E-state index in [0.29, 0.717) is 29.8 Å². The summed E-state index contributed by atoms with van der Waals surface area (Å²) < 4.78 is 11.2. The molecule has 1 N–H and O–H groups in total. The van der Waals surface area contributed by atoms with Crippen molar-refractivity contribution in [3.05, 3.63) is 0 Å². The number of fused-ring (bicyclic) bond motifs is 2. The maximum Gasteiger partial charge on any atom is 0.229 e. The van der Waals surface area contributed by atoms with E-state index in [0.717, 1.165) is 58.4 Å². The second kappa shape index (κ2) is 7.16. The normalized spacial score (nSPS) is 43.8. The Kier molecular flexibility index (Phi) is 5.09. The van der Waals surface area contributed by atoms with Crippen LogP contribution in [-0.2, 0) is 14.3 Å². The lowest BCUT2D eigenvalue weighted by Gasteiger charge is -2.37. The molecule has 25 heavy (non-hydrogen) atoms. The highest BCUT2D eigenvalue weighted by Gasteiger charge is 2.50. The predicted octanol–water partition coefficient (Wildman–Crippen LogP) is 2.20. The number of amides is 1. The monoisotopic (exact) mass is 350 g/mol. The van der Waals surface area contributed by atoms with Gasteiger partial charge in [0, 0.05) is 44.3 Å². The molecule has 3 aliphatic heterocycles. The van der Waals surface area contributed by atoms with Gasteiger partial charge >= 0.3 is 0 Å². The number of piperazine rings is 1. The van der Waals surface area contributed by atoms with Crippen LogP contribution in [0.4, 0.5) is 0 Å². The van der Waals surface area contributed by atoms with Gasteiger partial charge in [-0.15, -0.1) is 0 Å². The Balaban J connectivity index is 1.39. The minimum atomic E-state index is -0.0944. The molecule has 0 aromatic heterocycles. The maximum atomic E-state index is 13.4. The molecule has 0 radical (unpaired) electrons. The van der Waals surface area contributed by atoms with E-state index >= 15 is 0 Å². The molecule has 3 saturated heterocycles. The van der Waals surface area contributed by atoms with Gasteiger partial charge in [-0.1, -0.05) is 6.92 Å². The molecule has 6 atom stereocenters. The maximum absolute atomic E-state index is 13.4. The lowest BCUT2D eigenvalue weighted by Crippen LogP contribution is -2.51. The summed E-state index contributed by atoms with van der Waals surface area (Å²) in [5.74, 6) is 1.72. The summed E-state index contributed by atoms with van der Waals surface area (Å²) in [6.07, 6.45) is 8.05. The average molecular weight is 351 g/mol. The summed E-state index contributed by atoms with van der Waals surface area (Å²) in [6.45, 7) is 5.74. The molecule has 5 nitrogen and oxygen atoms in total. The van der Waals surface area contributed by atoms with Gasteiger partial charge in [0.05, 0.1) is 12.7 Å². The SMILES string of the molecule is CC[C@]1(C(=O)N2C[C@@H]3C[C@H]2CN3)CC[C@@H](CC2CCOC[C@H]2OC)C1. The van der Waals surface area contributed by atoms with Crippen LogP contribution < -0.4 is 5.32 Å². The largest absolute Gasteiger partial charge is 0.379 e. The molecular weight excluding hydrogens is 316 g/mol. The van der Waals surface area contributed by atoms with Crippen LogP contribution in [0.1, 0.15) is 51.9 Å². The Morgan fingerprint density at radius 1 is 1.40 bits per heavy atom. The molecule has 5 heteroatoms. The van der Waals surface area contributed by atoms with E-state index in [1.807, 2.05) is 0 Å². The van der Waals surface area contributed by atoms with Crippen molar-refractivity contribution in [3.8, 4) is 0 Å². The smallest absolute Gasteiger partial charge is 0.229 e. The summed E-state index contributed by atoms with van der Waals surface area (Å²) >= 11 is 0. The summed E-state index contributed by atoms with van der Waals surface area (Å²) in [6, 6.07) is 0.998. The lowest BCUT2D eigenvalue weighted by atomic mass is 9.79. The number of rotatable bonds is 5. The minimum absolute atomic E-state index is 0.0944. The molecule has 0 aromatic rings. The van der Waals surface area contributed by atoms with Crippen molar-refractivity contribution < 1.29 is 14.3 Å². The van der Waals surface area contributed by atoms with E-state index in [4.69, 9.17) is 9.47 Å². The van der Waals surface area contributed by atoms with E-state index in [1.165, 1.54) is 12.8 Å². The highest BCUT2D eigenvalue weighted by Crippen LogP contribution is 2.49. The van der Waals surface area contributed by atoms with Crippen molar-refractivity contribution in [1.82, 2.24) is 10.2 Å². The van der Waals surface area contributed by atoms with Crippen LogP contribution in [0.25, 0.3) is 0 Å². The zero-order valence-corrected chi connectivity index (χ0v) is 15.8. The average Bonchev–Trinajstić information content (AvgIpc) is 3.37. The van der Waals surface area contributed by atoms with Crippen LogP contribution >= 0.6 is 0 Å². The second-order valence-electron chi connectivity index (χ2n) is 8.83. The van der Waals surface area contributed by atoms with Crippen LogP contribution in [0.2, 0.25) is 0 Å². The number of hydrogen-bond acceptors (Lipinski definition) is 4. The lowest BCUT2D eigenvalue weighted by molar-refractivity contribution is -0.143. The van der Waals surface area contributed by atoms with E-state index in [1.54, 1.807) is 7.11 Å². The molecule has 4 fully saturated rings. The first-order chi connectivity index (χ1) is 12.1. The number of nitrogens with one attached hydrogen (secondary N) is 1. The van der Waals surface area contributed by atoms with Crippen molar-refractivity contribution in [2.75, 3.05) is 33.4 Å². The Morgan fingerprint density at radius 3 is 2.96 bits per heavy atom. The van der Waals surface area contributed by atoms with Crippen LogP contribution in [0.5, 0.6) is 0 Å². The fourth-order valence-corrected chi connectivity index (χ4v) is 5.93. The van der Waals surface area contributed by atoms with Crippen molar-refractivity contribution in [3.63, 3.8) is 0 Å². The highest BCUT2D eigenvalue weighted by atomic mass is 16.5. The summed E-state index contributed by atoms with van der Waals surface area (Å²) in [5, 5.41) is 3.52. The Bertz CT molecular complexity index is 499. The number of nitrogens with zero attached hydrogens (tertiary/aromatic N) is 1. The zero-order chi connectivity index (χ0) is 17.4. The number of methoxy groups -OCH3 is 1. The van der Waals surface area contributed by atoms with E-state index < -0.39 is 0 Å². The van der Waals surface area contributed by atoms with Crippen molar-refractivity contribution in [1.29, 1.82) is 0 Å². The van der Waals surface area contributed by atoms with Gasteiger partial charge in [0.15, 0.2) is 0 Å². The van der Waals surface area contributed by atoms with Crippen LogP contribution in [0.3, 0.4) is 0 Å². The molecule has 2 bridgehead atoms. The topological polar surface area (TPSA) is 50.8 Å². The van der Waals surface area contributed by atoms with Gasteiger partial charge in [-0.3, -0.25) is 4.79 Å². The van der Waals surface area contributed by atoms with Gasteiger partial charge in [0.2, 0.25) is 5.91 Å². The fourth-order valence-electron chi connectivity index (χ4n) is 5.93. The zero-order valence-electron chi connectivity index (χ0n) is 15.8. The Hall–Kier alpha value is -0.650. The predicted molar refractivity (Wildman–Crippen MR) is 96.3 cm³/mol. The molecule has 142 valence electrons. The first kappa shape index (κ1) is 17.7. The number of hydrogen-bond donors (Lipinski definition) is 1. The number of likely N-dealkylation sites (tertiary alicyclic amines) is 1. The molecule has 0 spiro atoms. The summed E-state index contributed by atoms with van der Waals surface area (Å²) in [7, 11) is 1.80. The molecule has 1 saturated carbocycles. The van der Waals surface area contributed by atoms with Crippen molar-refractivity contribution in [2.45, 2.75) is 70.1 Å². The summed E-state index contributed by atoms with van der Waals surface area (Å²) in [5.41, 5.74) is -0.0944. The fraction of sp³-hybridized carbons (Fsp3) is 0.950. The van der Waals surface area contributed by atoms with E-state index in [-0.39, 0.29) is 11.5 Å². The number of ether oxygens (including phenoxy) is 2. The number of carbonyl (C=O) groups is 1. The molecular formula is C20H34N2O3. The molecule has 1 amide bonds. The van der Waals surface area contributed by atoms with Gasteiger partial charge in [0.1, 0.15) is 0 Å². The van der Waals surface area contributed by atoms with Crippen LogP contribution in [0.15, 0.2) is 0 Å². The van der Waals surface area contributed by atoms with E-state index in [9.17, 15) is 4.79 Å². The van der Waals surface area contributed by atoms with Crippen molar-refractivity contribution >= 4 is 5.91 Å². The van der Waals surface area contributed by atoms with Crippen molar-refractivity contribution in [2.24, 2.45) is 17.3 Å². The first-order valence-corrected chi connectivity index (χ1v) is 10.3. The van der Waals surface area contributed by atoms with Gasteiger partial charge in [0.25, 0.3) is 0 Å². The standard InChI is InChI=1S/C20H34N2O3/c1-3-20(19(23)22-12-16-9-17(22)11-21-16)6-4-14(10-20)8-15-5-7-25-13-18(15)24-2/h14-18,21H,3-13H2,1-2H3/t14-,15?,16-,17-,18+,20-/m0/s1. The third-order valence-corrected chi connectivity index (χ3v) is 7.54. The molecule has 4 rings (SSSR count). The molecule has 0 aromatic carbocycles. The Morgan fingerprint density at radius 2 is 2.28 bits per heavy atom. The minimum Gasteiger partial charge on any atom is -0.379 e. The molecule has 1 unspecified atom stereocenters. The summed E-state index contributed by atoms with van der Waals surface area (Å²) in [4.78, 5) is 15.6. The highest BCUT2D eigenvalue weighted by molar-refractivity contribution is 5.84. The van der Waals surface area contributed by atoms with Crippen LogP contribution in [-0.4, -0.2) is 62.4 Å². The molecule has 4 aliphatic rings. The van der Waals surface area contributed by atoms with Crippen LogP contribution in [0, 0.1) is 17.3 Å². The third kappa shape index (κ3) is 3.24. The Labute approximate surface area is 151 Å². The quantitative estimate of drug-likeness (QED) is 0.826. The molecule has 3 heterocycles. The van der Waals surface area contributed by atoms with E-state index in [2.05, 4.69) is 17.1 Å². The molecule has 1 aliphatic carbocycles.